The van der Waals surface area contributed by atoms with Crippen LogP contribution in [-0.2, 0) is 6.54 Å². The third-order valence-corrected chi connectivity index (χ3v) is 5.78. The lowest BCUT2D eigenvalue weighted by molar-refractivity contribution is 0.0521. The number of rotatable bonds is 3. The maximum Gasteiger partial charge on any atom is 0.142 e. The van der Waals surface area contributed by atoms with Gasteiger partial charge in [0.15, 0.2) is 0 Å². The summed E-state index contributed by atoms with van der Waals surface area (Å²) >= 11 is 5.88. The highest BCUT2D eigenvalue weighted by Gasteiger charge is 2.33. The van der Waals surface area contributed by atoms with Crippen molar-refractivity contribution in [3.05, 3.63) is 41.4 Å². The first kappa shape index (κ1) is 16.1. The fraction of sp³-hybridized carbons (Fsp3) is 0.526. The topological polar surface area (TPSA) is 21.1 Å². The standard InChI is InChI=1S/C19H23ClFN3/c20-15-6-7-16(17(21)12-15)19-22-8-11-24(19)13-14-4-3-10-23-9-2-1-5-18(14)23/h6-8,11-12,14,18H,1-5,9-10,13H2/t14-,18+/m0/s1. The van der Waals surface area contributed by atoms with Crippen molar-refractivity contribution in [1.82, 2.24) is 14.5 Å². The van der Waals surface area contributed by atoms with Crippen molar-refractivity contribution in [3.63, 3.8) is 0 Å². The fourth-order valence-corrected chi connectivity index (χ4v) is 4.57. The van der Waals surface area contributed by atoms with E-state index in [0.29, 0.717) is 28.4 Å². The minimum atomic E-state index is -0.308. The van der Waals surface area contributed by atoms with Gasteiger partial charge in [0.1, 0.15) is 11.6 Å². The zero-order chi connectivity index (χ0) is 16.5. The SMILES string of the molecule is Fc1cc(Cl)ccc1-c1nccn1C[C@@H]1CCCN2CCCC[C@H]12. The van der Waals surface area contributed by atoms with Crippen molar-refractivity contribution in [1.29, 1.82) is 0 Å². The second-order valence-electron chi connectivity index (χ2n) is 7.03. The lowest BCUT2D eigenvalue weighted by Gasteiger charge is -2.44. The van der Waals surface area contributed by atoms with E-state index in [9.17, 15) is 4.39 Å². The number of halogens is 2. The van der Waals surface area contributed by atoms with Crippen LogP contribution in [0.5, 0.6) is 0 Å². The van der Waals surface area contributed by atoms with Gasteiger partial charge in [0, 0.05) is 30.0 Å². The molecule has 0 aliphatic carbocycles. The van der Waals surface area contributed by atoms with Crippen LogP contribution in [0.1, 0.15) is 32.1 Å². The Morgan fingerprint density at radius 1 is 1.17 bits per heavy atom. The van der Waals surface area contributed by atoms with Crippen LogP contribution in [0.3, 0.4) is 0 Å². The summed E-state index contributed by atoms with van der Waals surface area (Å²) in [4.78, 5) is 7.08. The lowest BCUT2D eigenvalue weighted by atomic mass is 9.83. The Hall–Kier alpha value is -1.39. The number of fused-ring (bicyclic) bond motifs is 1. The summed E-state index contributed by atoms with van der Waals surface area (Å²) in [5.74, 6) is 1.03. The summed E-state index contributed by atoms with van der Waals surface area (Å²) in [6.45, 7) is 3.39. The van der Waals surface area contributed by atoms with Crippen LogP contribution < -0.4 is 0 Å². The minimum absolute atomic E-state index is 0.308. The van der Waals surface area contributed by atoms with Gasteiger partial charge in [-0.25, -0.2) is 9.37 Å². The molecule has 128 valence electrons. The summed E-state index contributed by atoms with van der Waals surface area (Å²) in [7, 11) is 0. The molecule has 24 heavy (non-hydrogen) atoms. The Kier molecular flexibility index (Phi) is 4.59. The molecule has 2 fully saturated rings. The largest absolute Gasteiger partial charge is 0.331 e. The minimum Gasteiger partial charge on any atom is -0.331 e. The zero-order valence-corrected chi connectivity index (χ0v) is 14.6. The molecule has 2 aliphatic rings. The van der Waals surface area contributed by atoms with Gasteiger partial charge >= 0.3 is 0 Å². The highest BCUT2D eigenvalue weighted by molar-refractivity contribution is 6.30. The third-order valence-electron chi connectivity index (χ3n) is 5.55. The van der Waals surface area contributed by atoms with Crippen LogP contribution in [0, 0.1) is 11.7 Å². The van der Waals surface area contributed by atoms with Gasteiger partial charge in [-0.05, 0) is 62.9 Å². The Bertz CT molecular complexity index is 712. The van der Waals surface area contributed by atoms with E-state index in [1.54, 1.807) is 18.3 Å². The monoisotopic (exact) mass is 347 g/mol. The number of hydrogen-bond acceptors (Lipinski definition) is 2. The van der Waals surface area contributed by atoms with Gasteiger partial charge < -0.3 is 9.47 Å². The van der Waals surface area contributed by atoms with Crippen LogP contribution in [0.15, 0.2) is 30.6 Å². The van der Waals surface area contributed by atoms with E-state index in [2.05, 4.69) is 14.5 Å². The summed E-state index contributed by atoms with van der Waals surface area (Å²) in [6.07, 6.45) is 10.2. The van der Waals surface area contributed by atoms with E-state index in [1.807, 2.05) is 6.20 Å². The molecule has 5 heteroatoms. The molecule has 3 heterocycles. The number of hydrogen-bond donors (Lipinski definition) is 0. The average molecular weight is 348 g/mol. The molecule has 0 saturated carbocycles. The molecular formula is C19H23ClFN3. The maximum atomic E-state index is 14.3. The smallest absolute Gasteiger partial charge is 0.142 e. The van der Waals surface area contributed by atoms with Gasteiger partial charge in [-0.3, -0.25) is 0 Å². The summed E-state index contributed by atoms with van der Waals surface area (Å²) in [5.41, 5.74) is 0.528. The molecule has 2 aromatic rings. The van der Waals surface area contributed by atoms with Crippen molar-refractivity contribution >= 4 is 11.6 Å². The first-order valence-electron chi connectivity index (χ1n) is 8.93. The van der Waals surface area contributed by atoms with Crippen molar-refractivity contribution < 1.29 is 4.39 Å². The van der Waals surface area contributed by atoms with Crippen LogP contribution in [0.4, 0.5) is 4.39 Å². The predicted octanol–water partition coefficient (Wildman–Crippen LogP) is 4.61. The molecule has 3 nitrogen and oxygen atoms in total. The van der Waals surface area contributed by atoms with Gasteiger partial charge in [-0.1, -0.05) is 18.0 Å². The first-order valence-corrected chi connectivity index (χ1v) is 9.31. The summed E-state index contributed by atoms with van der Waals surface area (Å²) in [5, 5.41) is 0.416. The predicted molar refractivity (Wildman–Crippen MR) is 94.6 cm³/mol. The van der Waals surface area contributed by atoms with Crippen LogP contribution >= 0.6 is 11.6 Å². The second kappa shape index (κ2) is 6.85. The molecule has 1 aromatic heterocycles. The molecule has 0 N–H and O–H groups in total. The van der Waals surface area contributed by atoms with E-state index >= 15 is 0 Å². The van der Waals surface area contributed by atoms with Crippen molar-refractivity contribution in [2.24, 2.45) is 5.92 Å². The van der Waals surface area contributed by atoms with Gasteiger partial charge in [-0.2, -0.15) is 0 Å². The van der Waals surface area contributed by atoms with E-state index in [1.165, 1.54) is 51.3 Å². The highest BCUT2D eigenvalue weighted by atomic mass is 35.5. The molecule has 2 aliphatic heterocycles. The van der Waals surface area contributed by atoms with Gasteiger partial charge in [-0.15, -0.1) is 0 Å². The molecule has 0 bridgehead atoms. The maximum absolute atomic E-state index is 14.3. The third kappa shape index (κ3) is 3.09. The molecule has 0 unspecified atom stereocenters. The number of nitrogens with zero attached hydrogens (tertiary/aromatic N) is 3. The molecule has 0 spiro atoms. The number of imidazole rings is 1. The molecular weight excluding hydrogens is 325 g/mol. The number of aromatic nitrogens is 2. The van der Waals surface area contributed by atoms with Gasteiger partial charge in [0.05, 0.1) is 5.56 Å². The van der Waals surface area contributed by atoms with Crippen LogP contribution in [0.25, 0.3) is 11.4 Å². The van der Waals surface area contributed by atoms with Crippen molar-refractivity contribution in [3.8, 4) is 11.4 Å². The quantitative estimate of drug-likeness (QED) is 0.808. The summed E-state index contributed by atoms with van der Waals surface area (Å²) < 4.78 is 16.4. The Balaban J connectivity index is 1.58. The second-order valence-corrected chi connectivity index (χ2v) is 7.47. The Morgan fingerprint density at radius 2 is 2.04 bits per heavy atom. The van der Waals surface area contributed by atoms with Crippen LogP contribution in [-0.4, -0.2) is 33.6 Å². The molecule has 0 amide bonds. The zero-order valence-electron chi connectivity index (χ0n) is 13.8. The molecule has 1 aromatic carbocycles. The van der Waals surface area contributed by atoms with E-state index in [-0.39, 0.29) is 5.82 Å². The fourth-order valence-electron chi connectivity index (χ4n) is 4.41. The van der Waals surface area contributed by atoms with E-state index < -0.39 is 0 Å². The molecule has 2 saturated heterocycles. The van der Waals surface area contributed by atoms with Crippen molar-refractivity contribution in [2.45, 2.75) is 44.7 Å². The van der Waals surface area contributed by atoms with E-state index in [4.69, 9.17) is 11.6 Å². The molecule has 2 atom stereocenters. The number of piperidine rings is 2. The lowest BCUT2D eigenvalue weighted by Crippen LogP contribution is -2.49. The van der Waals surface area contributed by atoms with E-state index in [0.717, 1.165) is 6.54 Å². The Labute approximate surface area is 147 Å². The van der Waals surface area contributed by atoms with Gasteiger partial charge in [0.25, 0.3) is 0 Å². The molecule has 4 rings (SSSR count). The average Bonchev–Trinajstić information content (AvgIpc) is 3.03. The normalized spacial score (nSPS) is 24.8. The highest BCUT2D eigenvalue weighted by Crippen LogP contribution is 2.33. The first-order chi connectivity index (χ1) is 11.7. The molecule has 0 radical (unpaired) electrons. The number of benzene rings is 1. The summed E-state index contributed by atoms with van der Waals surface area (Å²) in [6, 6.07) is 5.49. The van der Waals surface area contributed by atoms with Crippen LogP contribution in [0.2, 0.25) is 5.02 Å². The van der Waals surface area contributed by atoms with Gasteiger partial charge in [0.2, 0.25) is 0 Å². The van der Waals surface area contributed by atoms with Crippen molar-refractivity contribution in [2.75, 3.05) is 13.1 Å². The Morgan fingerprint density at radius 3 is 2.92 bits per heavy atom.